The Labute approximate surface area is 194 Å². The summed E-state index contributed by atoms with van der Waals surface area (Å²) in [5.74, 6) is 0.981. The third-order valence-electron chi connectivity index (χ3n) is 5.77. The summed E-state index contributed by atoms with van der Waals surface area (Å²) in [6.45, 7) is 2.46. The number of rotatable bonds is 5. The van der Waals surface area contributed by atoms with Gasteiger partial charge in [0.2, 0.25) is 5.95 Å². The average Bonchev–Trinajstić information content (AvgIpc) is 3.50. The van der Waals surface area contributed by atoms with E-state index in [4.69, 9.17) is 4.98 Å². The molecule has 168 valence electrons. The lowest BCUT2D eigenvalue weighted by molar-refractivity contribution is -0.143. The molecule has 4 heterocycles. The number of thiazole rings is 1. The summed E-state index contributed by atoms with van der Waals surface area (Å²) in [4.78, 5) is 27.7. The molecule has 33 heavy (non-hydrogen) atoms. The van der Waals surface area contributed by atoms with Crippen LogP contribution in [-0.2, 0) is 17.4 Å². The summed E-state index contributed by atoms with van der Waals surface area (Å²) in [6, 6.07) is 11.1. The van der Waals surface area contributed by atoms with Crippen LogP contribution in [0.15, 0.2) is 48.0 Å². The number of hydrogen-bond donors (Lipinski definition) is 2. The monoisotopic (exact) mass is 461 g/mol. The molecule has 0 unspecified atom stereocenters. The smallest absolute Gasteiger partial charge is 0.258 e. The van der Waals surface area contributed by atoms with E-state index in [9.17, 15) is 9.90 Å². The first-order valence-electron chi connectivity index (χ1n) is 10.5. The first-order chi connectivity index (χ1) is 15.8. The second-order valence-corrected chi connectivity index (χ2v) is 9.00. The van der Waals surface area contributed by atoms with Gasteiger partial charge in [0.1, 0.15) is 16.5 Å². The van der Waals surface area contributed by atoms with E-state index in [1.54, 1.807) is 28.9 Å². The highest BCUT2D eigenvalue weighted by Crippen LogP contribution is 2.35. The Morgan fingerprint density at radius 1 is 1.15 bits per heavy atom. The lowest BCUT2D eigenvalue weighted by Gasteiger charge is -2.21. The van der Waals surface area contributed by atoms with Gasteiger partial charge in [-0.05, 0) is 24.6 Å². The third-order valence-corrected chi connectivity index (χ3v) is 6.63. The van der Waals surface area contributed by atoms with E-state index < -0.39 is 5.60 Å². The Bertz CT molecular complexity index is 1350. The number of aliphatic hydroxyl groups is 1. The number of carbonyl (C=O) groups is 1. The van der Waals surface area contributed by atoms with Crippen molar-refractivity contribution in [2.75, 3.05) is 18.9 Å². The zero-order valence-corrected chi connectivity index (χ0v) is 19.3. The van der Waals surface area contributed by atoms with Gasteiger partial charge in [-0.1, -0.05) is 18.2 Å². The molecule has 1 atom stereocenters. The molecular weight excluding hydrogens is 438 g/mol. The molecule has 9 nitrogen and oxygen atoms in total. The topological polar surface area (TPSA) is 109 Å². The van der Waals surface area contributed by atoms with Crippen molar-refractivity contribution in [1.82, 2.24) is 29.6 Å². The van der Waals surface area contributed by atoms with E-state index in [0.29, 0.717) is 30.2 Å². The van der Waals surface area contributed by atoms with Gasteiger partial charge in [0, 0.05) is 50.3 Å². The second kappa shape index (κ2) is 8.05. The van der Waals surface area contributed by atoms with E-state index in [1.165, 1.54) is 11.3 Å². The zero-order chi connectivity index (χ0) is 23.2. The number of amides is 1. The lowest BCUT2D eigenvalue weighted by atomic mass is 9.90. The van der Waals surface area contributed by atoms with E-state index in [2.05, 4.69) is 20.4 Å². The molecule has 0 radical (unpaired) electrons. The number of aryl methyl sites for hydroxylation is 2. The number of nitrogens with zero attached hydrogens (tertiary/aromatic N) is 6. The van der Waals surface area contributed by atoms with Crippen LogP contribution in [-0.4, -0.2) is 54.2 Å². The maximum absolute atomic E-state index is 12.5. The highest BCUT2D eigenvalue weighted by Gasteiger charge is 2.45. The maximum atomic E-state index is 12.5. The predicted molar refractivity (Wildman–Crippen MR) is 126 cm³/mol. The van der Waals surface area contributed by atoms with Gasteiger partial charge in [-0.3, -0.25) is 9.48 Å². The minimum Gasteiger partial charge on any atom is -0.375 e. The number of benzene rings is 1. The molecule has 1 aromatic carbocycles. The van der Waals surface area contributed by atoms with Crippen LogP contribution in [0.2, 0.25) is 0 Å². The Morgan fingerprint density at radius 2 is 2.00 bits per heavy atom. The van der Waals surface area contributed by atoms with Crippen LogP contribution >= 0.6 is 11.3 Å². The fourth-order valence-corrected chi connectivity index (χ4v) is 4.76. The summed E-state index contributed by atoms with van der Waals surface area (Å²) in [5.41, 5.74) is 2.30. The average molecular weight is 462 g/mol. The molecule has 3 aromatic heterocycles. The highest BCUT2D eigenvalue weighted by atomic mass is 32.1. The molecule has 0 bridgehead atoms. The molecule has 1 amide bonds. The fourth-order valence-electron chi connectivity index (χ4n) is 3.96. The van der Waals surface area contributed by atoms with E-state index >= 15 is 0 Å². The van der Waals surface area contributed by atoms with E-state index in [1.807, 2.05) is 49.7 Å². The van der Waals surface area contributed by atoms with Crippen molar-refractivity contribution in [3.05, 3.63) is 59.2 Å². The van der Waals surface area contributed by atoms with E-state index in [0.717, 1.165) is 27.8 Å². The molecule has 0 saturated carbocycles. The molecule has 1 aliphatic rings. The van der Waals surface area contributed by atoms with Crippen LogP contribution in [0.4, 0.5) is 11.8 Å². The van der Waals surface area contributed by atoms with Gasteiger partial charge in [0.05, 0.1) is 11.4 Å². The van der Waals surface area contributed by atoms with Crippen molar-refractivity contribution in [2.45, 2.75) is 18.9 Å². The number of aromatic nitrogens is 5. The van der Waals surface area contributed by atoms with Gasteiger partial charge in [-0.25, -0.2) is 15.0 Å². The third kappa shape index (κ3) is 3.87. The molecule has 4 aromatic rings. The summed E-state index contributed by atoms with van der Waals surface area (Å²) >= 11 is 1.47. The van der Waals surface area contributed by atoms with Crippen LogP contribution in [0.3, 0.4) is 0 Å². The summed E-state index contributed by atoms with van der Waals surface area (Å²) in [5, 5.41) is 21.2. The second-order valence-electron chi connectivity index (χ2n) is 8.14. The van der Waals surface area contributed by atoms with Crippen LogP contribution in [0.5, 0.6) is 0 Å². The molecule has 1 fully saturated rings. The first-order valence-corrected chi connectivity index (χ1v) is 11.4. The minimum atomic E-state index is -1.49. The van der Waals surface area contributed by atoms with Gasteiger partial charge >= 0.3 is 0 Å². The fraction of sp³-hybridized carbons (Fsp3) is 0.261. The van der Waals surface area contributed by atoms with Gasteiger partial charge in [0.15, 0.2) is 5.60 Å². The Balaban J connectivity index is 1.41. The minimum absolute atomic E-state index is 0.275. The van der Waals surface area contributed by atoms with Crippen molar-refractivity contribution >= 4 is 29.0 Å². The van der Waals surface area contributed by atoms with Gasteiger partial charge in [-0.2, -0.15) is 5.10 Å². The van der Waals surface area contributed by atoms with Crippen molar-refractivity contribution in [2.24, 2.45) is 7.05 Å². The number of likely N-dealkylation sites (tertiary alicyclic amines) is 1. The number of likely N-dealkylation sites (N-methyl/N-ethyl adjacent to an activating group) is 1. The largest absolute Gasteiger partial charge is 0.375 e. The van der Waals surface area contributed by atoms with Crippen LogP contribution < -0.4 is 5.32 Å². The standard InChI is InChI=1S/C23H23N7O2S/c1-14-11-19(30(3)28-14)27-22-24-9-7-17(26-22)20-25-18(13-33-20)15-5-4-6-16(12-15)23(32)8-10-29(2)21(23)31/h4-7,9,11-13,32H,8,10H2,1-3H3,(H,24,26,27)/t23-/m1/s1. The Hall–Kier alpha value is -3.63. The normalized spacial score (nSPS) is 18.2. The summed E-state index contributed by atoms with van der Waals surface area (Å²) < 4.78 is 1.74. The van der Waals surface area contributed by atoms with Crippen LogP contribution in [0.1, 0.15) is 17.7 Å². The molecule has 5 rings (SSSR count). The molecule has 10 heteroatoms. The van der Waals surface area contributed by atoms with Crippen molar-refractivity contribution in [1.29, 1.82) is 0 Å². The molecule has 1 saturated heterocycles. The molecule has 2 N–H and O–H groups in total. The molecule has 0 aliphatic carbocycles. The quantitative estimate of drug-likeness (QED) is 0.470. The Morgan fingerprint density at radius 3 is 2.73 bits per heavy atom. The predicted octanol–water partition coefficient (Wildman–Crippen LogP) is 3.10. The van der Waals surface area contributed by atoms with Crippen molar-refractivity contribution in [3.8, 4) is 22.0 Å². The van der Waals surface area contributed by atoms with E-state index in [-0.39, 0.29) is 5.91 Å². The van der Waals surface area contributed by atoms with Gasteiger partial charge < -0.3 is 15.3 Å². The molecule has 1 aliphatic heterocycles. The summed E-state index contributed by atoms with van der Waals surface area (Å²) in [6.07, 6.45) is 2.06. The summed E-state index contributed by atoms with van der Waals surface area (Å²) in [7, 11) is 3.56. The SMILES string of the molecule is Cc1cc(Nc2nccc(-c3nc(-c4cccc([C@]5(O)CCN(C)C5=O)c4)cs3)n2)n(C)n1. The number of anilines is 2. The maximum Gasteiger partial charge on any atom is 0.258 e. The van der Waals surface area contributed by atoms with Crippen LogP contribution in [0.25, 0.3) is 22.0 Å². The number of hydrogen-bond acceptors (Lipinski definition) is 8. The van der Waals surface area contributed by atoms with Gasteiger partial charge in [0.25, 0.3) is 5.91 Å². The van der Waals surface area contributed by atoms with Crippen LogP contribution in [0, 0.1) is 6.92 Å². The van der Waals surface area contributed by atoms with Crippen molar-refractivity contribution < 1.29 is 9.90 Å². The Kier molecular flexibility index (Phi) is 5.18. The molecular formula is C23H23N7O2S. The number of carbonyl (C=O) groups excluding carboxylic acids is 1. The van der Waals surface area contributed by atoms with Crippen molar-refractivity contribution in [3.63, 3.8) is 0 Å². The molecule has 0 spiro atoms. The lowest BCUT2D eigenvalue weighted by Crippen LogP contribution is -2.36. The first kappa shape index (κ1) is 21.2. The highest BCUT2D eigenvalue weighted by molar-refractivity contribution is 7.13. The number of nitrogens with one attached hydrogen (secondary N) is 1. The van der Waals surface area contributed by atoms with Gasteiger partial charge in [-0.15, -0.1) is 11.3 Å². The zero-order valence-electron chi connectivity index (χ0n) is 18.5.